The molecule has 0 saturated heterocycles. The van der Waals surface area contributed by atoms with Gasteiger partial charge in [-0.15, -0.1) is 0 Å². The Morgan fingerprint density at radius 2 is 2.08 bits per heavy atom. The summed E-state index contributed by atoms with van der Waals surface area (Å²) in [6, 6.07) is 6.60. The smallest absolute Gasteiger partial charge is 0.123 e. The highest BCUT2D eigenvalue weighted by atomic mass is 16.5. The summed E-state index contributed by atoms with van der Waals surface area (Å²) in [5, 5.41) is 3.20. The minimum absolute atomic E-state index is 0.329. The molecule has 13 heavy (non-hydrogen) atoms. The zero-order valence-corrected chi connectivity index (χ0v) is 8.72. The summed E-state index contributed by atoms with van der Waals surface area (Å²) in [5.74, 6) is 0.960. The molecule has 1 rings (SSSR count). The maximum absolute atomic E-state index is 5.31. The number of benzene rings is 1. The number of methoxy groups -OCH3 is 1. The molecule has 1 aromatic rings. The van der Waals surface area contributed by atoms with Gasteiger partial charge in [0.1, 0.15) is 5.75 Å². The first kappa shape index (κ1) is 10.1. The van der Waals surface area contributed by atoms with Crippen LogP contribution in [0.15, 0.2) is 18.2 Å². The molecule has 0 bridgehead atoms. The van der Waals surface area contributed by atoms with Gasteiger partial charge in [-0.25, -0.2) is 0 Å². The predicted molar refractivity (Wildman–Crippen MR) is 55.2 cm³/mol. The molecular formula is C11H17NO. The van der Waals surface area contributed by atoms with Crippen LogP contribution >= 0.6 is 0 Å². The second-order valence-corrected chi connectivity index (χ2v) is 3.26. The molecule has 72 valence electrons. The minimum atomic E-state index is 0.329. The molecule has 2 nitrogen and oxygen atoms in total. The van der Waals surface area contributed by atoms with Crippen LogP contribution in [0.3, 0.4) is 0 Å². The third-order valence-corrected chi connectivity index (χ3v) is 2.29. The predicted octanol–water partition coefficient (Wildman–Crippen LogP) is 2.28. The van der Waals surface area contributed by atoms with Gasteiger partial charge in [0.2, 0.25) is 0 Å². The molecule has 0 aliphatic heterocycles. The quantitative estimate of drug-likeness (QED) is 0.768. The molecule has 1 aromatic carbocycles. The Kier molecular flexibility index (Phi) is 3.32. The number of hydrogen-bond donors (Lipinski definition) is 1. The monoisotopic (exact) mass is 179 g/mol. The Morgan fingerprint density at radius 3 is 2.62 bits per heavy atom. The Bertz CT molecular complexity index is 283. The molecule has 1 unspecified atom stereocenters. The molecule has 2 heteroatoms. The van der Waals surface area contributed by atoms with Crippen molar-refractivity contribution in [1.29, 1.82) is 0 Å². The molecule has 0 aliphatic carbocycles. The molecule has 1 N–H and O–H groups in total. The lowest BCUT2D eigenvalue weighted by molar-refractivity contribution is 0.403. The van der Waals surface area contributed by atoms with E-state index in [2.05, 4.69) is 37.4 Å². The second kappa shape index (κ2) is 4.28. The number of ether oxygens (including phenoxy) is 1. The maximum atomic E-state index is 5.31. The zero-order chi connectivity index (χ0) is 9.84. The average molecular weight is 179 g/mol. The zero-order valence-electron chi connectivity index (χ0n) is 8.72. The summed E-state index contributed by atoms with van der Waals surface area (Å²) in [5.41, 5.74) is 2.43. The normalized spacial score (nSPS) is 12.6. The van der Waals surface area contributed by atoms with Crippen LogP contribution in [0, 0.1) is 6.92 Å². The van der Waals surface area contributed by atoms with Crippen molar-refractivity contribution in [2.45, 2.75) is 19.9 Å². The molecule has 0 aliphatic rings. The van der Waals surface area contributed by atoms with E-state index < -0.39 is 0 Å². The SMILES string of the molecule is CNC(C)c1ccc(C)cc1OC. The van der Waals surface area contributed by atoms with E-state index in [0.717, 1.165) is 5.75 Å². The Morgan fingerprint density at radius 1 is 1.38 bits per heavy atom. The lowest BCUT2D eigenvalue weighted by Crippen LogP contribution is -2.13. The fourth-order valence-corrected chi connectivity index (χ4v) is 1.33. The van der Waals surface area contributed by atoms with E-state index in [1.54, 1.807) is 7.11 Å². The van der Waals surface area contributed by atoms with Crippen LogP contribution in [-0.4, -0.2) is 14.2 Å². The van der Waals surface area contributed by atoms with Gasteiger partial charge in [-0.2, -0.15) is 0 Å². The van der Waals surface area contributed by atoms with Crippen molar-refractivity contribution in [3.05, 3.63) is 29.3 Å². The fourth-order valence-electron chi connectivity index (χ4n) is 1.33. The largest absolute Gasteiger partial charge is 0.496 e. The standard InChI is InChI=1S/C11H17NO/c1-8-5-6-10(9(2)12-3)11(7-8)13-4/h5-7,9,12H,1-4H3. The third kappa shape index (κ3) is 2.22. The van der Waals surface area contributed by atoms with E-state index in [1.807, 2.05) is 7.05 Å². The molecule has 0 saturated carbocycles. The van der Waals surface area contributed by atoms with Crippen molar-refractivity contribution in [2.24, 2.45) is 0 Å². The molecular weight excluding hydrogens is 162 g/mol. The Labute approximate surface area is 79.9 Å². The molecule has 0 amide bonds. The first-order valence-electron chi connectivity index (χ1n) is 4.51. The molecule has 0 fully saturated rings. The van der Waals surface area contributed by atoms with Gasteiger partial charge < -0.3 is 10.1 Å². The van der Waals surface area contributed by atoms with Crippen LogP contribution < -0.4 is 10.1 Å². The van der Waals surface area contributed by atoms with Gasteiger partial charge in [-0.1, -0.05) is 12.1 Å². The van der Waals surface area contributed by atoms with Crippen molar-refractivity contribution in [1.82, 2.24) is 5.32 Å². The van der Waals surface area contributed by atoms with Crippen LogP contribution in [0.2, 0.25) is 0 Å². The highest BCUT2D eigenvalue weighted by Gasteiger charge is 2.08. The van der Waals surface area contributed by atoms with Gasteiger partial charge in [0, 0.05) is 11.6 Å². The summed E-state index contributed by atoms with van der Waals surface area (Å²) in [7, 11) is 3.66. The lowest BCUT2D eigenvalue weighted by atomic mass is 10.1. The van der Waals surface area contributed by atoms with E-state index in [4.69, 9.17) is 4.74 Å². The fraction of sp³-hybridized carbons (Fsp3) is 0.455. The summed E-state index contributed by atoms with van der Waals surface area (Å²) < 4.78 is 5.31. The van der Waals surface area contributed by atoms with Crippen LogP contribution in [0.1, 0.15) is 24.1 Å². The van der Waals surface area contributed by atoms with Crippen LogP contribution in [-0.2, 0) is 0 Å². The topological polar surface area (TPSA) is 21.3 Å². The van der Waals surface area contributed by atoms with Gasteiger partial charge in [-0.3, -0.25) is 0 Å². The summed E-state index contributed by atoms with van der Waals surface area (Å²) in [6.07, 6.45) is 0. The minimum Gasteiger partial charge on any atom is -0.496 e. The van der Waals surface area contributed by atoms with Gasteiger partial charge in [-0.05, 0) is 32.5 Å². The van der Waals surface area contributed by atoms with E-state index in [0.29, 0.717) is 6.04 Å². The van der Waals surface area contributed by atoms with Gasteiger partial charge in [0.05, 0.1) is 7.11 Å². The number of rotatable bonds is 3. The number of nitrogens with one attached hydrogen (secondary N) is 1. The van der Waals surface area contributed by atoms with Crippen molar-refractivity contribution in [2.75, 3.05) is 14.2 Å². The molecule has 0 spiro atoms. The Balaban J connectivity index is 3.05. The highest BCUT2D eigenvalue weighted by Crippen LogP contribution is 2.25. The second-order valence-electron chi connectivity index (χ2n) is 3.26. The van der Waals surface area contributed by atoms with Crippen molar-refractivity contribution >= 4 is 0 Å². The van der Waals surface area contributed by atoms with E-state index in [9.17, 15) is 0 Å². The van der Waals surface area contributed by atoms with Crippen molar-refractivity contribution in [3.8, 4) is 5.75 Å². The first-order chi connectivity index (χ1) is 6.19. The van der Waals surface area contributed by atoms with Gasteiger partial charge >= 0.3 is 0 Å². The average Bonchev–Trinajstić information content (AvgIpc) is 2.16. The third-order valence-electron chi connectivity index (χ3n) is 2.29. The van der Waals surface area contributed by atoms with Crippen LogP contribution in [0.5, 0.6) is 5.75 Å². The molecule has 0 aromatic heterocycles. The first-order valence-corrected chi connectivity index (χ1v) is 4.51. The van der Waals surface area contributed by atoms with Gasteiger partial charge in [0.15, 0.2) is 0 Å². The Hall–Kier alpha value is -1.02. The lowest BCUT2D eigenvalue weighted by Gasteiger charge is -2.15. The maximum Gasteiger partial charge on any atom is 0.123 e. The molecule has 0 heterocycles. The van der Waals surface area contributed by atoms with Crippen LogP contribution in [0.25, 0.3) is 0 Å². The summed E-state index contributed by atoms with van der Waals surface area (Å²) in [6.45, 7) is 4.18. The van der Waals surface area contributed by atoms with E-state index in [-0.39, 0.29) is 0 Å². The van der Waals surface area contributed by atoms with Crippen molar-refractivity contribution < 1.29 is 4.74 Å². The van der Waals surface area contributed by atoms with Gasteiger partial charge in [0.25, 0.3) is 0 Å². The van der Waals surface area contributed by atoms with E-state index >= 15 is 0 Å². The highest BCUT2D eigenvalue weighted by molar-refractivity contribution is 5.38. The van der Waals surface area contributed by atoms with Crippen molar-refractivity contribution in [3.63, 3.8) is 0 Å². The number of hydrogen-bond acceptors (Lipinski definition) is 2. The van der Waals surface area contributed by atoms with E-state index in [1.165, 1.54) is 11.1 Å². The summed E-state index contributed by atoms with van der Waals surface area (Å²) in [4.78, 5) is 0. The van der Waals surface area contributed by atoms with Crippen LogP contribution in [0.4, 0.5) is 0 Å². The summed E-state index contributed by atoms with van der Waals surface area (Å²) >= 11 is 0. The molecule has 1 atom stereocenters. The molecule has 0 radical (unpaired) electrons. The number of aryl methyl sites for hydroxylation is 1.